The van der Waals surface area contributed by atoms with E-state index >= 15 is 0 Å². The van der Waals surface area contributed by atoms with Gasteiger partial charge in [-0.3, -0.25) is 4.68 Å². The lowest BCUT2D eigenvalue weighted by Gasteiger charge is -2.09. The quantitative estimate of drug-likeness (QED) is 0.760. The van der Waals surface area contributed by atoms with Gasteiger partial charge in [-0.05, 0) is 19.0 Å². The summed E-state index contributed by atoms with van der Waals surface area (Å²) in [4.78, 5) is 0. The van der Waals surface area contributed by atoms with Crippen LogP contribution in [0.5, 0.6) is 0 Å². The van der Waals surface area contributed by atoms with Crippen molar-refractivity contribution in [2.24, 2.45) is 7.05 Å². The molecule has 1 fully saturated rings. The van der Waals surface area contributed by atoms with Gasteiger partial charge in [0.15, 0.2) is 0 Å². The number of hydrogen-bond donors (Lipinski definition) is 1. The summed E-state index contributed by atoms with van der Waals surface area (Å²) in [5.41, 5.74) is 2.50. The van der Waals surface area contributed by atoms with E-state index in [2.05, 4.69) is 28.6 Å². The third-order valence-electron chi connectivity index (χ3n) is 3.23. The van der Waals surface area contributed by atoms with Gasteiger partial charge in [-0.15, -0.1) is 0 Å². The van der Waals surface area contributed by atoms with Crippen molar-refractivity contribution in [3.63, 3.8) is 0 Å². The maximum atomic E-state index is 4.55. The molecule has 1 saturated heterocycles. The summed E-state index contributed by atoms with van der Waals surface area (Å²) < 4.78 is 2.04. The maximum absolute atomic E-state index is 4.55. The summed E-state index contributed by atoms with van der Waals surface area (Å²) in [5.74, 6) is 0.627. The van der Waals surface area contributed by atoms with Crippen LogP contribution in [0.3, 0.4) is 0 Å². The standard InChI is InChI=1S/C12H15N3/c1-15-12(9-6-7-13-8-9)10-4-2-3-5-11(10)14-15/h2-5,9,13H,6-8H2,1H3. The summed E-state index contributed by atoms with van der Waals surface area (Å²) in [5, 5.41) is 9.27. The van der Waals surface area contributed by atoms with Gasteiger partial charge in [0.2, 0.25) is 0 Å². The zero-order chi connectivity index (χ0) is 10.3. The third-order valence-corrected chi connectivity index (χ3v) is 3.23. The topological polar surface area (TPSA) is 29.9 Å². The first-order chi connectivity index (χ1) is 7.36. The van der Waals surface area contributed by atoms with Crippen molar-refractivity contribution in [1.29, 1.82) is 0 Å². The monoisotopic (exact) mass is 201 g/mol. The Hall–Kier alpha value is -1.35. The summed E-state index contributed by atoms with van der Waals surface area (Å²) in [6.45, 7) is 2.22. The van der Waals surface area contributed by atoms with Gasteiger partial charge in [-0.1, -0.05) is 18.2 Å². The SMILES string of the molecule is Cn1nc2ccccc2c1C1CCNC1. The highest BCUT2D eigenvalue weighted by Crippen LogP contribution is 2.28. The van der Waals surface area contributed by atoms with Crippen LogP contribution in [0.15, 0.2) is 24.3 Å². The van der Waals surface area contributed by atoms with E-state index in [4.69, 9.17) is 0 Å². The first-order valence-electron chi connectivity index (χ1n) is 5.48. The predicted molar refractivity (Wildman–Crippen MR) is 60.9 cm³/mol. The van der Waals surface area contributed by atoms with E-state index < -0.39 is 0 Å². The molecule has 3 heteroatoms. The molecule has 1 aliphatic rings. The Morgan fingerprint density at radius 2 is 2.27 bits per heavy atom. The van der Waals surface area contributed by atoms with Crippen LogP contribution >= 0.6 is 0 Å². The average molecular weight is 201 g/mol. The van der Waals surface area contributed by atoms with Gasteiger partial charge in [0.25, 0.3) is 0 Å². The van der Waals surface area contributed by atoms with E-state index in [-0.39, 0.29) is 0 Å². The van der Waals surface area contributed by atoms with Crippen molar-refractivity contribution >= 4 is 10.9 Å². The number of fused-ring (bicyclic) bond motifs is 1. The number of aryl methyl sites for hydroxylation is 1. The molecule has 2 aromatic rings. The van der Waals surface area contributed by atoms with Crippen LogP contribution in [-0.2, 0) is 7.05 Å². The summed E-state index contributed by atoms with van der Waals surface area (Å²) in [7, 11) is 2.05. The van der Waals surface area contributed by atoms with Gasteiger partial charge in [-0.25, -0.2) is 0 Å². The van der Waals surface area contributed by atoms with Gasteiger partial charge in [-0.2, -0.15) is 5.10 Å². The average Bonchev–Trinajstić information content (AvgIpc) is 2.82. The van der Waals surface area contributed by atoms with Crippen molar-refractivity contribution in [2.75, 3.05) is 13.1 Å². The second-order valence-corrected chi connectivity index (χ2v) is 4.22. The summed E-state index contributed by atoms with van der Waals surface area (Å²) in [6, 6.07) is 8.40. The van der Waals surface area contributed by atoms with E-state index in [1.54, 1.807) is 0 Å². The van der Waals surface area contributed by atoms with Crippen LogP contribution in [0.4, 0.5) is 0 Å². The molecule has 0 saturated carbocycles. The molecule has 1 N–H and O–H groups in total. The number of nitrogens with zero attached hydrogens (tertiary/aromatic N) is 2. The van der Waals surface area contributed by atoms with Crippen molar-refractivity contribution in [3.8, 4) is 0 Å². The lowest BCUT2D eigenvalue weighted by molar-refractivity contribution is 0.644. The highest BCUT2D eigenvalue weighted by Gasteiger charge is 2.22. The molecule has 3 rings (SSSR count). The minimum atomic E-state index is 0.627. The number of hydrogen-bond acceptors (Lipinski definition) is 2. The number of nitrogens with one attached hydrogen (secondary N) is 1. The van der Waals surface area contributed by atoms with Gasteiger partial charge < -0.3 is 5.32 Å². The minimum Gasteiger partial charge on any atom is -0.316 e. The van der Waals surface area contributed by atoms with Gasteiger partial charge >= 0.3 is 0 Å². The minimum absolute atomic E-state index is 0.627. The lowest BCUT2D eigenvalue weighted by Crippen LogP contribution is -2.10. The molecule has 1 aliphatic heterocycles. The van der Waals surface area contributed by atoms with Gasteiger partial charge in [0, 0.05) is 24.9 Å². The van der Waals surface area contributed by atoms with Crippen molar-refractivity contribution in [2.45, 2.75) is 12.3 Å². The molecule has 1 unspecified atom stereocenters. The predicted octanol–water partition coefficient (Wildman–Crippen LogP) is 1.65. The molecular weight excluding hydrogens is 186 g/mol. The largest absolute Gasteiger partial charge is 0.316 e. The maximum Gasteiger partial charge on any atom is 0.0926 e. The molecule has 1 aromatic heterocycles. The molecule has 0 amide bonds. The molecule has 2 heterocycles. The Bertz CT molecular complexity index is 481. The second kappa shape index (κ2) is 3.35. The fourth-order valence-electron chi connectivity index (χ4n) is 2.54. The molecule has 15 heavy (non-hydrogen) atoms. The van der Waals surface area contributed by atoms with Gasteiger partial charge in [0.05, 0.1) is 11.2 Å². The van der Waals surface area contributed by atoms with Crippen LogP contribution in [0.1, 0.15) is 18.0 Å². The fourth-order valence-corrected chi connectivity index (χ4v) is 2.54. The number of aromatic nitrogens is 2. The molecule has 0 radical (unpaired) electrons. The number of rotatable bonds is 1. The summed E-state index contributed by atoms with van der Waals surface area (Å²) >= 11 is 0. The molecule has 0 spiro atoms. The van der Waals surface area contributed by atoms with Gasteiger partial charge in [0.1, 0.15) is 0 Å². The van der Waals surface area contributed by atoms with E-state index in [0.717, 1.165) is 18.6 Å². The highest BCUT2D eigenvalue weighted by atomic mass is 15.3. The van der Waals surface area contributed by atoms with Crippen LogP contribution in [-0.4, -0.2) is 22.9 Å². The molecule has 0 aliphatic carbocycles. The van der Waals surface area contributed by atoms with E-state index in [0.29, 0.717) is 5.92 Å². The van der Waals surface area contributed by atoms with Crippen LogP contribution in [0.2, 0.25) is 0 Å². The third kappa shape index (κ3) is 1.35. The number of benzene rings is 1. The molecule has 78 valence electrons. The lowest BCUT2D eigenvalue weighted by atomic mass is 10.0. The first kappa shape index (κ1) is 8.92. The zero-order valence-electron chi connectivity index (χ0n) is 8.90. The van der Waals surface area contributed by atoms with E-state index in [9.17, 15) is 0 Å². The fraction of sp³-hybridized carbons (Fsp3) is 0.417. The van der Waals surface area contributed by atoms with Crippen LogP contribution in [0.25, 0.3) is 10.9 Å². The highest BCUT2D eigenvalue weighted by molar-refractivity contribution is 5.82. The van der Waals surface area contributed by atoms with E-state index in [1.165, 1.54) is 17.5 Å². The van der Waals surface area contributed by atoms with Crippen molar-refractivity contribution < 1.29 is 0 Å². The summed E-state index contributed by atoms with van der Waals surface area (Å²) in [6.07, 6.45) is 1.23. The molecule has 3 nitrogen and oxygen atoms in total. The Labute approximate surface area is 89.1 Å². The molecule has 0 bridgehead atoms. The normalized spacial score (nSPS) is 21.3. The Kier molecular flexibility index (Phi) is 1.99. The second-order valence-electron chi connectivity index (χ2n) is 4.22. The smallest absolute Gasteiger partial charge is 0.0926 e. The Morgan fingerprint density at radius 1 is 1.40 bits per heavy atom. The molecular formula is C12H15N3. The first-order valence-corrected chi connectivity index (χ1v) is 5.48. The zero-order valence-corrected chi connectivity index (χ0v) is 8.90. The Balaban J connectivity index is 2.19. The van der Waals surface area contributed by atoms with Crippen molar-refractivity contribution in [1.82, 2.24) is 15.1 Å². The van der Waals surface area contributed by atoms with Crippen molar-refractivity contribution in [3.05, 3.63) is 30.0 Å². The molecule has 1 aromatic carbocycles. The Morgan fingerprint density at radius 3 is 3.07 bits per heavy atom. The molecule has 1 atom stereocenters. The van der Waals surface area contributed by atoms with Crippen LogP contribution < -0.4 is 5.32 Å². The van der Waals surface area contributed by atoms with Crippen LogP contribution in [0, 0.1) is 0 Å². The van der Waals surface area contributed by atoms with E-state index in [1.807, 2.05) is 17.8 Å².